The number of thiazole rings is 1. The quantitative estimate of drug-likeness (QED) is 0.875. The zero-order valence-corrected chi connectivity index (χ0v) is 11.4. The fraction of sp³-hybridized carbons (Fsp3) is 0.750. The summed E-state index contributed by atoms with van der Waals surface area (Å²) in [5.41, 5.74) is 1.26. The second kappa shape index (κ2) is 4.82. The van der Waals surface area contributed by atoms with Gasteiger partial charge in [0.25, 0.3) is 0 Å². The van der Waals surface area contributed by atoms with E-state index < -0.39 is 0 Å². The topological polar surface area (TPSA) is 28.2 Å². The Hall–Kier alpha value is -0.450. The Kier molecular flexibility index (Phi) is 3.62. The third-order valence-electron chi connectivity index (χ3n) is 3.56. The van der Waals surface area contributed by atoms with Crippen LogP contribution in [-0.4, -0.2) is 36.1 Å². The van der Waals surface area contributed by atoms with Crippen molar-refractivity contribution in [3.05, 3.63) is 15.6 Å². The normalized spacial score (nSPS) is 22.9. The van der Waals surface area contributed by atoms with Crippen molar-refractivity contribution in [1.29, 1.82) is 0 Å². The maximum absolute atomic E-state index is 4.66. The van der Waals surface area contributed by atoms with E-state index in [0.717, 1.165) is 13.1 Å². The molecule has 1 aromatic heterocycles. The van der Waals surface area contributed by atoms with Crippen LogP contribution in [0.3, 0.4) is 0 Å². The molecule has 1 saturated heterocycles. The third-order valence-corrected chi connectivity index (χ3v) is 4.46. The average molecular weight is 239 g/mol. The summed E-state index contributed by atoms with van der Waals surface area (Å²) in [5.74, 6) is 0. The smallest absolute Gasteiger partial charge is 0.0900 e. The molecule has 2 heterocycles. The minimum absolute atomic E-state index is 0.426. The van der Waals surface area contributed by atoms with Crippen LogP contribution in [0.2, 0.25) is 0 Å². The van der Waals surface area contributed by atoms with Gasteiger partial charge in [-0.15, -0.1) is 11.3 Å². The molecule has 90 valence electrons. The lowest BCUT2D eigenvalue weighted by atomic mass is 10.1. The van der Waals surface area contributed by atoms with Crippen molar-refractivity contribution >= 4 is 11.3 Å². The number of aryl methyl sites for hydroxylation is 2. The molecule has 16 heavy (non-hydrogen) atoms. The Balaban J connectivity index is 2.11. The van der Waals surface area contributed by atoms with E-state index in [9.17, 15) is 0 Å². The molecule has 3 nitrogen and oxygen atoms in total. The van der Waals surface area contributed by atoms with Gasteiger partial charge >= 0.3 is 0 Å². The lowest BCUT2D eigenvalue weighted by molar-refractivity contribution is 0.193. The molecule has 1 aromatic rings. The van der Waals surface area contributed by atoms with Gasteiger partial charge < -0.3 is 5.32 Å². The number of nitrogens with one attached hydrogen (secondary N) is 1. The molecule has 1 aliphatic rings. The maximum atomic E-state index is 4.66. The van der Waals surface area contributed by atoms with E-state index in [1.54, 1.807) is 11.3 Å². The molecule has 4 heteroatoms. The van der Waals surface area contributed by atoms with Gasteiger partial charge in [0.15, 0.2) is 0 Å². The summed E-state index contributed by atoms with van der Waals surface area (Å²) in [5, 5.41) is 4.60. The van der Waals surface area contributed by atoms with Crippen LogP contribution >= 0.6 is 11.3 Å². The van der Waals surface area contributed by atoms with Crippen molar-refractivity contribution in [2.24, 2.45) is 0 Å². The summed E-state index contributed by atoms with van der Waals surface area (Å²) in [6.45, 7) is 8.79. The standard InChI is InChI=1S/C12H21N3S/c1-8(12-9(2)16-10(3)14-12)15(4)11-5-6-13-7-11/h8,11,13H,5-7H2,1-4H3. The van der Waals surface area contributed by atoms with Crippen LogP contribution < -0.4 is 5.32 Å². The van der Waals surface area contributed by atoms with E-state index in [1.165, 1.54) is 22.0 Å². The first kappa shape index (κ1) is 12.0. The van der Waals surface area contributed by atoms with Gasteiger partial charge in [0, 0.05) is 17.5 Å². The summed E-state index contributed by atoms with van der Waals surface area (Å²) in [7, 11) is 2.22. The molecule has 1 fully saturated rings. The van der Waals surface area contributed by atoms with Gasteiger partial charge in [0.05, 0.1) is 16.7 Å². The summed E-state index contributed by atoms with van der Waals surface area (Å²) in [6.07, 6.45) is 1.25. The Morgan fingerprint density at radius 1 is 1.50 bits per heavy atom. The fourth-order valence-electron chi connectivity index (χ4n) is 2.43. The van der Waals surface area contributed by atoms with Gasteiger partial charge in [0.2, 0.25) is 0 Å². The highest BCUT2D eigenvalue weighted by Gasteiger charge is 2.25. The van der Waals surface area contributed by atoms with Crippen LogP contribution in [0.4, 0.5) is 0 Å². The third kappa shape index (κ3) is 2.29. The van der Waals surface area contributed by atoms with Crippen molar-refractivity contribution in [3.8, 4) is 0 Å². The minimum Gasteiger partial charge on any atom is -0.315 e. The van der Waals surface area contributed by atoms with Crippen molar-refractivity contribution in [2.45, 2.75) is 39.3 Å². The van der Waals surface area contributed by atoms with E-state index in [-0.39, 0.29) is 0 Å². The number of hydrogen-bond acceptors (Lipinski definition) is 4. The fourth-order valence-corrected chi connectivity index (χ4v) is 3.34. The zero-order valence-electron chi connectivity index (χ0n) is 10.6. The maximum Gasteiger partial charge on any atom is 0.0900 e. The van der Waals surface area contributed by atoms with Crippen LogP contribution in [0.15, 0.2) is 0 Å². The average Bonchev–Trinajstić information content (AvgIpc) is 2.85. The molecule has 0 bridgehead atoms. The van der Waals surface area contributed by atoms with Gasteiger partial charge in [-0.1, -0.05) is 0 Å². The van der Waals surface area contributed by atoms with Crippen LogP contribution in [0.1, 0.15) is 35.0 Å². The molecule has 0 spiro atoms. The zero-order chi connectivity index (χ0) is 11.7. The van der Waals surface area contributed by atoms with Crippen LogP contribution in [0.5, 0.6) is 0 Å². The second-order valence-corrected chi connectivity index (χ2v) is 6.07. The molecule has 2 atom stereocenters. The Morgan fingerprint density at radius 3 is 2.75 bits per heavy atom. The van der Waals surface area contributed by atoms with Crippen molar-refractivity contribution in [2.75, 3.05) is 20.1 Å². The predicted octanol–water partition coefficient (Wildman–Crippen LogP) is 2.11. The van der Waals surface area contributed by atoms with E-state index in [1.807, 2.05) is 0 Å². The first-order valence-corrected chi connectivity index (χ1v) is 6.78. The van der Waals surface area contributed by atoms with E-state index in [2.05, 4.69) is 43.0 Å². The van der Waals surface area contributed by atoms with Crippen molar-refractivity contribution in [3.63, 3.8) is 0 Å². The molecule has 2 rings (SSSR count). The Morgan fingerprint density at radius 2 is 2.25 bits per heavy atom. The number of aromatic nitrogens is 1. The molecule has 1 aliphatic heterocycles. The highest BCUT2D eigenvalue weighted by atomic mass is 32.1. The number of rotatable bonds is 3. The molecule has 0 radical (unpaired) electrons. The number of hydrogen-bond donors (Lipinski definition) is 1. The van der Waals surface area contributed by atoms with Gasteiger partial charge in [-0.2, -0.15) is 0 Å². The summed E-state index contributed by atoms with van der Waals surface area (Å²) in [4.78, 5) is 8.48. The molecular formula is C12H21N3S. The van der Waals surface area contributed by atoms with Gasteiger partial charge in [0.1, 0.15) is 0 Å². The number of nitrogens with zero attached hydrogens (tertiary/aromatic N) is 2. The van der Waals surface area contributed by atoms with Crippen LogP contribution in [-0.2, 0) is 0 Å². The summed E-state index contributed by atoms with van der Waals surface area (Å²) >= 11 is 1.80. The monoisotopic (exact) mass is 239 g/mol. The van der Waals surface area contributed by atoms with Crippen molar-refractivity contribution < 1.29 is 0 Å². The minimum atomic E-state index is 0.426. The highest BCUT2D eigenvalue weighted by molar-refractivity contribution is 7.11. The van der Waals surface area contributed by atoms with E-state index >= 15 is 0 Å². The summed E-state index contributed by atoms with van der Waals surface area (Å²) in [6, 6.07) is 1.09. The molecule has 2 unspecified atom stereocenters. The van der Waals surface area contributed by atoms with Gasteiger partial charge in [-0.05, 0) is 40.8 Å². The lowest BCUT2D eigenvalue weighted by Crippen LogP contribution is -2.35. The molecule has 0 amide bonds. The van der Waals surface area contributed by atoms with E-state index in [0.29, 0.717) is 12.1 Å². The molecule has 0 saturated carbocycles. The highest BCUT2D eigenvalue weighted by Crippen LogP contribution is 2.28. The molecule has 1 N–H and O–H groups in total. The molecular weight excluding hydrogens is 218 g/mol. The van der Waals surface area contributed by atoms with Gasteiger partial charge in [-0.25, -0.2) is 4.98 Å². The second-order valence-electron chi connectivity index (χ2n) is 4.66. The van der Waals surface area contributed by atoms with Gasteiger partial charge in [-0.3, -0.25) is 4.90 Å². The van der Waals surface area contributed by atoms with E-state index in [4.69, 9.17) is 0 Å². The molecule has 0 aromatic carbocycles. The van der Waals surface area contributed by atoms with Crippen LogP contribution in [0, 0.1) is 13.8 Å². The largest absolute Gasteiger partial charge is 0.315 e. The summed E-state index contributed by atoms with van der Waals surface area (Å²) < 4.78 is 0. The Labute approximate surface area is 102 Å². The first-order chi connectivity index (χ1) is 7.59. The SMILES string of the molecule is Cc1nc(C(C)N(C)C2CCNC2)c(C)s1. The van der Waals surface area contributed by atoms with Crippen LogP contribution in [0.25, 0.3) is 0 Å². The lowest BCUT2D eigenvalue weighted by Gasteiger charge is -2.29. The van der Waals surface area contributed by atoms with Crippen molar-refractivity contribution in [1.82, 2.24) is 15.2 Å². The first-order valence-electron chi connectivity index (χ1n) is 5.96. The Bertz CT molecular complexity index is 355. The molecule has 0 aliphatic carbocycles. The predicted molar refractivity (Wildman–Crippen MR) is 69.0 cm³/mol. The number of likely N-dealkylation sites (N-methyl/N-ethyl adjacent to an activating group) is 1.